The lowest BCUT2D eigenvalue weighted by Crippen LogP contribution is -2.07. The summed E-state index contributed by atoms with van der Waals surface area (Å²) < 4.78 is 10.8. The fourth-order valence-corrected chi connectivity index (χ4v) is 3.44. The molecule has 0 spiro atoms. The van der Waals surface area contributed by atoms with Crippen LogP contribution in [-0.4, -0.2) is 29.8 Å². The molecular formula is C21H20ClN3O3S. The van der Waals surface area contributed by atoms with Crippen molar-refractivity contribution in [2.45, 2.75) is 13.3 Å². The van der Waals surface area contributed by atoms with Crippen LogP contribution in [0.4, 0.5) is 5.13 Å². The van der Waals surface area contributed by atoms with Gasteiger partial charge in [-0.3, -0.25) is 10.1 Å². The molecule has 1 aromatic heterocycles. The number of amides is 1. The van der Waals surface area contributed by atoms with Gasteiger partial charge in [0.15, 0.2) is 11.5 Å². The topological polar surface area (TPSA) is 73.3 Å². The van der Waals surface area contributed by atoms with Gasteiger partial charge in [-0.2, -0.15) is 0 Å². The number of anilines is 1. The maximum Gasteiger partial charge on any atom is 0.250 e. The van der Waals surface area contributed by atoms with Crippen molar-refractivity contribution in [2.24, 2.45) is 0 Å². The highest BCUT2D eigenvalue weighted by Crippen LogP contribution is 2.28. The van der Waals surface area contributed by atoms with Crippen LogP contribution < -0.4 is 14.8 Å². The van der Waals surface area contributed by atoms with Gasteiger partial charge >= 0.3 is 0 Å². The normalized spacial score (nSPS) is 10.9. The van der Waals surface area contributed by atoms with E-state index >= 15 is 0 Å². The van der Waals surface area contributed by atoms with E-state index in [0.717, 1.165) is 16.1 Å². The zero-order chi connectivity index (χ0) is 20.6. The molecule has 1 N–H and O–H groups in total. The first-order valence-corrected chi connectivity index (χ1v) is 10.1. The smallest absolute Gasteiger partial charge is 0.250 e. The van der Waals surface area contributed by atoms with E-state index in [2.05, 4.69) is 15.5 Å². The largest absolute Gasteiger partial charge is 0.493 e. The molecule has 0 aliphatic rings. The minimum absolute atomic E-state index is 0.285. The van der Waals surface area contributed by atoms with Crippen molar-refractivity contribution in [1.82, 2.24) is 10.2 Å². The van der Waals surface area contributed by atoms with Gasteiger partial charge in [-0.15, -0.1) is 10.2 Å². The fourth-order valence-electron chi connectivity index (χ4n) is 2.53. The highest BCUT2D eigenvalue weighted by Gasteiger charge is 2.08. The minimum atomic E-state index is -0.285. The van der Waals surface area contributed by atoms with Crippen LogP contribution >= 0.6 is 22.9 Å². The highest BCUT2D eigenvalue weighted by atomic mass is 35.5. The van der Waals surface area contributed by atoms with Crippen molar-refractivity contribution in [3.63, 3.8) is 0 Å². The van der Waals surface area contributed by atoms with E-state index in [1.165, 1.54) is 17.4 Å². The number of aromatic nitrogens is 2. The molecule has 0 bridgehead atoms. The van der Waals surface area contributed by atoms with E-state index in [0.29, 0.717) is 34.7 Å². The first-order chi connectivity index (χ1) is 14.1. The molecule has 0 saturated heterocycles. The van der Waals surface area contributed by atoms with Gasteiger partial charge in [0.2, 0.25) is 11.0 Å². The summed E-state index contributed by atoms with van der Waals surface area (Å²) in [5, 5.41) is 12.8. The molecule has 1 heterocycles. The Morgan fingerprint density at radius 2 is 1.97 bits per heavy atom. The second-order valence-corrected chi connectivity index (χ2v) is 7.47. The number of methoxy groups -OCH3 is 1. The molecule has 0 saturated carbocycles. The number of carbonyl (C=O) groups is 1. The summed E-state index contributed by atoms with van der Waals surface area (Å²) >= 11 is 7.23. The van der Waals surface area contributed by atoms with E-state index < -0.39 is 0 Å². The van der Waals surface area contributed by atoms with Crippen molar-refractivity contribution in [3.05, 3.63) is 69.7 Å². The molecule has 0 atom stereocenters. The molecule has 0 radical (unpaired) electrons. The summed E-state index contributed by atoms with van der Waals surface area (Å²) in [7, 11) is 1.58. The predicted molar refractivity (Wildman–Crippen MR) is 116 cm³/mol. The number of rotatable bonds is 8. The van der Waals surface area contributed by atoms with Crippen LogP contribution in [0.25, 0.3) is 6.08 Å². The molecule has 3 rings (SSSR count). The van der Waals surface area contributed by atoms with Gasteiger partial charge in [0.05, 0.1) is 13.7 Å². The highest BCUT2D eigenvalue weighted by molar-refractivity contribution is 7.15. The van der Waals surface area contributed by atoms with Crippen LogP contribution in [0.5, 0.6) is 11.5 Å². The fraction of sp³-hybridized carbons (Fsp3) is 0.190. The third-order valence-corrected chi connectivity index (χ3v) is 4.97. The van der Waals surface area contributed by atoms with Crippen molar-refractivity contribution in [3.8, 4) is 11.5 Å². The SMILES string of the molecule is CCOc1ccc(C=CC(=O)Nc2nnc(Cc3ccc(Cl)cc3)s2)cc1OC. The second-order valence-electron chi connectivity index (χ2n) is 5.97. The third kappa shape index (κ3) is 6.04. The summed E-state index contributed by atoms with van der Waals surface area (Å²) in [4.78, 5) is 12.2. The average Bonchev–Trinajstić information content (AvgIpc) is 3.15. The molecule has 150 valence electrons. The molecule has 3 aromatic rings. The molecule has 0 unspecified atom stereocenters. The second kappa shape index (κ2) is 10.0. The number of halogens is 1. The molecule has 29 heavy (non-hydrogen) atoms. The van der Waals surface area contributed by atoms with Gasteiger partial charge in [0, 0.05) is 17.5 Å². The van der Waals surface area contributed by atoms with E-state index in [1.54, 1.807) is 13.2 Å². The number of nitrogens with one attached hydrogen (secondary N) is 1. The summed E-state index contributed by atoms with van der Waals surface area (Å²) in [6, 6.07) is 13.0. The van der Waals surface area contributed by atoms with Gasteiger partial charge in [-0.25, -0.2) is 0 Å². The van der Waals surface area contributed by atoms with Gasteiger partial charge in [-0.1, -0.05) is 41.1 Å². The summed E-state index contributed by atoms with van der Waals surface area (Å²) in [6.07, 6.45) is 3.77. The minimum Gasteiger partial charge on any atom is -0.493 e. The summed E-state index contributed by atoms with van der Waals surface area (Å²) in [6.45, 7) is 2.46. The number of carbonyl (C=O) groups excluding carboxylic acids is 1. The van der Waals surface area contributed by atoms with E-state index in [-0.39, 0.29) is 5.91 Å². The van der Waals surface area contributed by atoms with Crippen molar-refractivity contribution in [2.75, 3.05) is 19.0 Å². The molecule has 0 aliphatic carbocycles. The average molecular weight is 430 g/mol. The third-order valence-electron chi connectivity index (χ3n) is 3.88. The molecule has 6 nitrogen and oxygen atoms in total. The summed E-state index contributed by atoms with van der Waals surface area (Å²) in [5.41, 5.74) is 1.90. The van der Waals surface area contributed by atoms with Crippen LogP contribution in [0, 0.1) is 0 Å². The lowest BCUT2D eigenvalue weighted by atomic mass is 10.2. The van der Waals surface area contributed by atoms with E-state index in [9.17, 15) is 4.79 Å². The van der Waals surface area contributed by atoms with Crippen LogP contribution in [0.2, 0.25) is 5.02 Å². The Morgan fingerprint density at radius 1 is 1.17 bits per heavy atom. The van der Waals surface area contributed by atoms with Gasteiger partial charge in [0.25, 0.3) is 0 Å². The Morgan fingerprint density at radius 3 is 2.69 bits per heavy atom. The standard InChI is InChI=1S/C21H20ClN3O3S/c1-3-28-17-10-6-14(12-18(17)27-2)7-11-19(26)23-21-25-24-20(29-21)13-15-4-8-16(22)9-5-15/h4-12H,3,13H2,1-2H3,(H,23,25,26). The van der Waals surface area contributed by atoms with Crippen molar-refractivity contribution < 1.29 is 14.3 Å². The van der Waals surface area contributed by atoms with E-state index in [4.69, 9.17) is 21.1 Å². The molecule has 1 amide bonds. The predicted octanol–water partition coefficient (Wildman–Crippen LogP) is 4.84. The Bertz CT molecular complexity index is 1000. The number of ether oxygens (including phenoxy) is 2. The Labute approximate surface area is 178 Å². The van der Waals surface area contributed by atoms with Crippen molar-refractivity contribution >= 4 is 40.1 Å². The Balaban J connectivity index is 1.59. The van der Waals surface area contributed by atoms with Crippen LogP contribution in [0.1, 0.15) is 23.1 Å². The Hall–Kier alpha value is -2.90. The van der Waals surface area contributed by atoms with Crippen LogP contribution in [-0.2, 0) is 11.2 Å². The number of benzene rings is 2. The molecule has 0 fully saturated rings. The quantitative estimate of drug-likeness (QED) is 0.518. The first-order valence-electron chi connectivity index (χ1n) is 8.94. The molecule has 0 aliphatic heterocycles. The zero-order valence-electron chi connectivity index (χ0n) is 16.0. The monoisotopic (exact) mass is 429 g/mol. The molecule has 2 aromatic carbocycles. The van der Waals surface area contributed by atoms with Crippen LogP contribution in [0.3, 0.4) is 0 Å². The van der Waals surface area contributed by atoms with Gasteiger partial charge in [-0.05, 0) is 48.4 Å². The molecule has 8 heteroatoms. The summed E-state index contributed by atoms with van der Waals surface area (Å²) in [5.74, 6) is 0.996. The van der Waals surface area contributed by atoms with Crippen LogP contribution in [0.15, 0.2) is 48.5 Å². The van der Waals surface area contributed by atoms with Crippen molar-refractivity contribution in [1.29, 1.82) is 0 Å². The van der Waals surface area contributed by atoms with E-state index in [1.807, 2.05) is 49.4 Å². The molecular weight excluding hydrogens is 410 g/mol. The first kappa shape index (κ1) is 20.8. The van der Waals surface area contributed by atoms with Gasteiger partial charge < -0.3 is 9.47 Å². The van der Waals surface area contributed by atoms with Gasteiger partial charge in [0.1, 0.15) is 5.01 Å². The number of hydrogen-bond donors (Lipinski definition) is 1. The lowest BCUT2D eigenvalue weighted by molar-refractivity contribution is -0.111. The number of nitrogens with zero attached hydrogens (tertiary/aromatic N) is 2. The maximum absolute atomic E-state index is 12.2. The lowest BCUT2D eigenvalue weighted by Gasteiger charge is -2.09. The number of hydrogen-bond acceptors (Lipinski definition) is 6. The zero-order valence-corrected chi connectivity index (χ0v) is 17.6. The maximum atomic E-state index is 12.2. The Kier molecular flexibility index (Phi) is 7.21.